The van der Waals surface area contributed by atoms with Crippen molar-refractivity contribution in [2.75, 3.05) is 6.54 Å². The number of carboxylic acids is 1. The zero-order chi connectivity index (χ0) is 18.2. The predicted molar refractivity (Wildman–Crippen MR) is 92.6 cm³/mol. The minimum absolute atomic E-state index is 0.0575. The Morgan fingerprint density at radius 1 is 1.16 bits per heavy atom. The summed E-state index contributed by atoms with van der Waals surface area (Å²) in [5.41, 5.74) is 0.583. The standard InChI is InChI=1S/C17H21N3O5/c21-15(22)9-4-2-1-3-5-10-18-17(23)13-11-12-7-6-8-14(20(24)25)16(12)19-13/h6-8,11,19H,1-5,9-10H2,(H,18,23)(H,21,22). The van der Waals surface area contributed by atoms with Crippen molar-refractivity contribution in [2.45, 2.75) is 38.5 Å². The molecule has 1 aromatic carbocycles. The van der Waals surface area contributed by atoms with Crippen molar-refractivity contribution in [3.05, 3.63) is 40.1 Å². The van der Waals surface area contributed by atoms with Gasteiger partial charge in [0.2, 0.25) is 0 Å². The number of para-hydroxylation sites is 1. The fourth-order valence-corrected chi connectivity index (χ4v) is 2.64. The summed E-state index contributed by atoms with van der Waals surface area (Å²) in [5, 5.41) is 22.9. The minimum atomic E-state index is -0.772. The molecule has 0 fully saturated rings. The monoisotopic (exact) mass is 347 g/mol. The molecule has 1 aromatic heterocycles. The van der Waals surface area contributed by atoms with E-state index in [1.54, 1.807) is 18.2 Å². The number of aromatic amines is 1. The van der Waals surface area contributed by atoms with Crippen molar-refractivity contribution in [3.63, 3.8) is 0 Å². The summed E-state index contributed by atoms with van der Waals surface area (Å²) in [6, 6.07) is 6.29. The lowest BCUT2D eigenvalue weighted by Gasteiger charge is -2.03. The van der Waals surface area contributed by atoms with E-state index in [-0.39, 0.29) is 18.0 Å². The van der Waals surface area contributed by atoms with Gasteiger partial charge in [-0.1, -0.05) is 31.4 Å². The highest BCUT2D eigenvalue weighted by Crippen LogP contribution is 2.25. The van der Waals surface area contributed by atoms with Gasteiger partial charge in [0.25, 0.3) is 11.6 Å². The highest BCUT2D eigenvalue weighted by Gasteiger charge is 2.16. The lowest BCUT2D eigenvalue weighted by molar-refractivity contribution is -0.383. The van der Waals surface area contributed by atoms with Crippen LogP contribution in [-0.4, -0.2) is 33.4 Å². The van der Waals surface area contributed by atoms with Crippen molar-refractivity contribution in [2.24, 2.45) is 0 Å². The smallest absolute Gasteiger partial charge is 0.303 e. The van der Waals surface area contributed by atoms with Gasteiger partial charge in [-0.05, 0) is 18.9 Å². The highest BCUT2D eigenvalue weighted by atomic mass is 16.6. The molecule has 134 valence electrons. The summed E-state index contributed by atoms with van der Waals surface area (Å²) in [6.07, 6.45) is 4.39. The second-order valence-corrected chi connectivity index (χ2v) is 5.85. The highest BCUT2D eigenvalue weighted by molar-refractivity contribution is 6.00. The first-order valence-electron chi connectivity index (χ1n) is 8.25. The number of carbonyl (C=O) groups excluding carboxylic acids is 1. The fourth-order valence-electron chi connectivity index (χ4n) is 2.64. The number of amides is 1. The molecule has 2 aromatic rings. The molecule has 8 heteroatoms. The van der Waals surface area contributed by atoms with Crippen LogP contribution < -0.4 is 5.32 Å². The lowest BCUT2D eigenvalue weighted by Crippen LogP contribution is -2.24. The number of nitrogens with zero attached hydrogens (tertiary/aromatic N) is 1. The van der Waals surface area contributed by atoms with Gasteiger partial charge in [-0.25, -0.2) is 0 Å². The Hall–Kier alpha value is -2.90. The zero-order valence-electron chi connectivity index (χ0n) is 13.8. The average molecular weight is 347 g/mol. The number of fused-ring (bicyclic) bond motifs is 1. The molecule has 3 N–H and O–H groups in total. The Labute approximate surface area is 144 Å². The number of rotatable bonds is 10. The van der Waals surface area contributed by atoms with Gasteiger partial charge in [0.05, 0.1) is 4.92 Å². The molecule has 8 nitrogen and oxygen atoms in total. The molecule has 0 saturated carbocycles. The molecule has 0 aliphatic rings. The van der Waals surface area contributed by atoms with Crippen LogP contribution in [-0.2, 0) is 4.79 Å². The van der Waals surface area contributed by atoms with Crippen molar-refractivity contribution >= 4 is 28.5 Å². The van der Waals surface area contributed by atoms with Crippen molar-refractivity contribution in [3.8, 4) is 0 Å². The predicted octanol–water partition coefficient (Wildman–Crippen LogP) is 3.23. The van der Waals surface area contributed by atoms with Crippen LogP contribution in [0.1, 0.15) is 49.0 Å². The van der Waals surface area contributed by atoms with Gasteiger partial charge >= 0.3 is 5.97 Å². The molecule has 0 spiro atoms. The average Bonchev–Trinajstić information content (AvgIpc) is 3.00. The van der Waals surface area contributed by atoms with Crippen LogP contribution in [0.5, 0.6) is 0 Å². The summed E-state index contributed by atoms with van der Waals surface area (Å²) in [6.45, 7) is 0.509. The fraction of sp³-hybridized carbons (Fsp3) is 0.412. The number of nitro groups is 1. The third kappa shape index (κ3) is 5.30. The quantitative estimate of drug-likeness (QED) is 0.345. The molecule has 0 bridgehead atoms. The molecule has 2 rings (SSSR count). The van der Waals surface area contributed by atoms with Crippen LogP contribution in [0.3, 0.4) is 0 Å². The Bertz CT molecular complexity index is 769. The molecule has 0 radical (unpaired) electrons. The van der Waals surface area contributed by atoms with E-state index in [0.29, 0.717) is 29.6 Å². The topological polar surface area (TPSA) is 125 Å². The summed E-state index contributed by atoms with van der Waals surface area (Å²) in [5.74, 6) is -1.07. The van der Waals surface area contributed by atoms with Gasteiger partial charge in [-0.15, -0.1) is 0 Å². The second kappa shape index (κ2) is 8.81. The van der Waals surface area contributed by atoms with Crippen LogP contribution in [0, 0.1) is 10.1 Å². The number of unbranched alkanes of at least 4 members (excludes halogenated alkanes) is 4. The van der Waals surface area contributed by atoms with Crippen LogP contribution >= 0.6 is 0 Å². The maximum Gasteiger partial charge on any atom is 0.303 e. The maximum atomic E-state index is 12.1. The summed E-state index contributed by atoms with van der Waals surface area (Å²) >= 11 is 0. The van der Waals surface area contributed by atoms with E-state index < -0.39 is 10.9 Å². The lowest BCUT2D eigenvalue weighted by atomic mass is 10.1. The number of nitrogens with one attached hydrogen (secondary N) is 2. The molecule has 25 heavy (non-hydrogen) atoms. The molecular formula is C17H21N3O5. The molecule has 0 aliphatic carbocycles. The first kappa shape index (κ1) is 18.4. The summed E-state index contributed by atoms with van der Waals surface area (Å²) in [4.78, 5) is 35.8. The maximum absolute atomic E-state index is 12.1. The number of carbonyl (C=O) groups is 2. The van der Waals surface area contributed by atoms with Crippen molar-refractivity contribution in [1.82, 2.24) is 10.3 Å². The Morgan fingerprint density at radius 3 is 2.60 bits per heavy atom. The van der Waals surface area contributed by atoms with Crippen LogP contribution in [0.4, 0.5) is 5.69 Å². The number of aliphatic carboxylic acids is 1. The number of carboxylic acid groups (broad SMARTS) is 1. The molecule has 0 atom stereocenters. The molecule has 1 amide bonds. The summed E-state index contributed by atoms with van der Waals surface area (Å²) < 4.78 is 0. The van der Waals surface area contributed by atoms with Crippen LogP contribution in [0.2, 0.25) is 0 Å². The summed E-state index contributed by atoms with van der Waals surface area (Å²) in [7, 11) is 0. The third-order valence-corrected chi connectivity index (χ3v) is 3.93. The second-order valence-electron chi connectivity index (χ2n) is 5.85. The number of H-pyrrole nitrogens is 1. The molecule has 0 unspecified atom stereocenters. The number of benzene rings is 1. The number of non-ortho nitro benzene ring substituents is 1. The van der Waals surface area contributed by atoms with E-state index in [1.807, 2.05) is 0 Å². The van der Waals surface area contributed by atoms with Crippen molar-refractivity contribution < 1.29 is 19.6 Å². The van der Waals surface area contributed by atoms with E-state index in [2.05, 4.69) is 10.3 Å². The number of aromatic nitrogens is 1. The van der Waals surface area contributed by atoms with E-state index in [1.165, 1.54) is 6.07 Å². The van der Waals surface area contributed by atoms with Gasteiger partial charge in [0.1, 0.15) is 11.2 Å². The third-order valence-electron chi connectivity index (χ3n) is 3.93. The molecule has 0 aliphatic heterocycles. The molecule has 0 saturated heterocycles. The Balaban J connectivity index is 1.78. The van der Waals surface area contributed by atoms with Gasteiger partial charge in [0, 0.05) is 24.4 Å². The Kier molecular flexibility index (Phi) is 6.50. The van der Waals surface area contributed by atoms with Gasteiger partial charge < -0.3 is 15.4 Å². The molecule has 1 heterocycles. The van der Waals surface area contributed by atoms with Crippen molar-refractivity contribution in [1.29, 1.82) is 0 Å². The number of hydrogen-bond acceptors (Lipinski definition) is 4. The minimum Gasteiger partial charge on any atom is -0.481 e. The van der Waals surface area contributed by atoms with E-state index >= 15 is 0 Å². The van der Waals surface area contributed by atoms with E-state index in [4.69, 9.17) is 5.11 Å². The van der Waals surface area contributed by atoms with E-state index in [0.717, 1.165) is 25.7 Å². The van der Waals surface area contributed by atoms with Gasteiger partial charge in [-0.2, -0.15) is 0 Å². The largest absolute Gasteiger partial charge is 0.481 e. The van der Waals surface area contributed by atoms with Crippen LogP contribution in [0.25, 0.3) is 10.9 Å². The Morgan fingerprint density at radius 2 is 1.88 bits per heavy atom. The van der Waals surface area contributed by atoms with E-state index in [9.17, 15) is 19.7 Å². The SMILES string of the molecule is O=C(O)CCCCCCCNC(=O)c1cc2cccc([N+](=O)[O-])c2[nH]1. The zero-order valence-corrected chi connectivity index (χ0v) is 13.8. The van der Waals surface area contributed by atoms with Crippen LogP contribution in [0.15, 0.2) is 24.3 Å². The number of hydrogen-bond donors (Lipinski definition) is 3. The first-order chi connectivity index (χ1) is 12.0. The molecular weight excluding hydrogens is 326 g/mol. The van der Waals surface area contributed by atoms with Gasteiger partial charge in [0.15, 0.2) is 0 Å². The number of nitro benzene ring substituents is 1. The first-order valence-corrected chi connectivity index (χ1v) is 8.25. The van der Waals surface area contributed by atoms with Gasteiger partial charge in [-0.3, -0.25) is 19.7 Å². The normalized spacial score (nSPS) is 10.7.